The van der Waals surface area contributed by atoms with Gasteiger partial charge in [0.2, 0.25) is 11.7 Å². The molecule has 0 radical (unpaired) electrons. The number of thioether (sulfide) groups is 2. The third kappa shape index (κ3) is 4.72. The van der Waals surface area contributed by atoms with Gasteiger partial charge in [-0.25, -0.2) is 10.4 Å². The van der Waals surface area contributed by atoms with E-state index < -0.39 is 0 Å². The lowest BCUT2D eigenvalue weighted by atomic mass is 10.1. The molecule has 1 aromatic heterocycles. The van der Waals surface area contributed by atoms with Gasteiger partial charge in [-0.05, 0) is 29.8 Å². The molecule has 10 heteroatoms. The van der Waals surface area contributed by atoms with E-state index in [1.807, 2.05) is 30.3 Å². The summed E-state index contributed by atoms with van der Waals surface area (Å²) < 4.78 is 18.6. The average molecular weight is 478 g/mol. The number of aromatic nitrogens is 1. The number of hydrogen-bond acceptors (Lipinski definition) is 9. The summed E-state index contributed by atoms with van der Waals surface area (Å²) in [7, 11) is 4.75. The van der Waals surface area contributed by atoms with Crippen LogP contribution in [-0.4, -0.2) is 55.3 Å². The number of amides is 1. The van der Waals surface area contributed by atoms with Gasteiger partial charge < -0.3 is 14.2 Å². The summed E-state index contributed by atoms with van der Waals surface area (Å²) in [5.74, 6) is 2.95. The van der Waals surface area contributed by atoms with Crippen molar-refractivity contribution in [2.75, 3.05) is 39.4 Å². The Morgan fingerprint density at radius 1 is 1.16 bits per heavy atom. The van der Waals surface area contributed by atoms with Crippen LogP contribution in [0.25, 0.3) is 10.2 Å². The number of rotatable bonds is 9. The molecule has 1 aliphatic heterocycles. The van der Waals surface area contributed by atoms with E-state index in [1.54, 1.807) is 61.2 Å². The lowest BCUT2D eigenvalue weighted by molar-refractivity contribution is -0.131. The van der Waals surface area contributed by atoms with E-state index in [1.165, 1.54) is 4.70 Å². The quantitative estimate of drug-likeness (QED) is 0.363. The maximum atomic E-state index is 12.5. The lowest BCUT2D eigenvalue weighted by Crippen LogP contribution is -2.42. The molecule has 1 saturated heterocycles. The number of fused-ring (bicyclic) bond motifs is 1. The highest BCUT2D eigenvalue weighted by molar-refractivity contribution is 8.01. The second kappa shape index (κ2) is 9.99. The molecule has 1 N–H and O–H groups in total. The summed E-state index contributed by atoms with van der Waals surface area (Å²) in [5, 5.41) is 1.53. The molecule has 1 amide bonds. The molecule has 4 rings (SSSR count). The second-order valence-corrected chi connectivity index (χ2v) is 10.0. The maximum Gasteiger partial charge on any atom is 0.248 e. The third-order valence-electron chi connectivity index (χ3n) is 4.72. The number of nitrogens with zero attached hydrogens (tertiary/aromatic N) is 2. The number of methoxy groups -OCH3 is 3. The zero-order valence-corrected chi connectivity index (χ0v) is 19.9. The van der Waals surface area contributed by atoms with Crippen molar-refractivity contribution in [3.8, 4) is 17.2 Å². The molecular formula is C21H23N3O4S3. The summed E-state index contributed by atoms with van der Waals surface area (Å²) in [5.41, 5.74) is 5.23. The first-order valence-electron chi connectivity index (χ1n) is 9.60. The Labute approximate surface area is 193 Å². The first-order valence-corrected chi connectivity index (χ1v) is 12.4. The first-order chi connectivity index (χ1) is 15.1. The van der Waals surface area contributed by atoms with Crippen molar-refractivity contribution in [2.45, 2.75) is 9.71 Å². The zero-order valence-electron chi connectivity index (χ0n) is 17.4. The minimum atomic E-state index is -0.173. The van der Waals surface area contributed by atoms with E-state index in [0.717, 1.165) is 21.2 Å². The molecule has 1 aliphatic rings. The molecule has 0 bridgehead atoms. The second-order valence-electron chi connectivity index (χ2n) is 6.59. The van der Waals surface area contributed by atoms with Crippen molar-refractivity contribution in [3.05, 3.63) is 42.0 Å². The summed E-state index contributed by atoms with van der Waals surface area (Å²) in [6, 6.07) is 11.9. The maximum absolute atomic E-state index is 12.5. The van der Waals surface area contributed by atoms with Crippen LogP contribution in [0, 0.1) is 0 Å². The Bertz CT molecular complexity index is 1020. The predicted molar refractivity (Wildman–Crippen MR) is 126 cm³/mol. The number of hydrogen-bond donors (Lipinski definition) is 1. The minimum absolute atomic E-state index is 0.0498. The van der Waals surface area contributed by atoms with E-state index in [0.29, 0.717) is 29.5 Å². The van der Waals surface area contributed by atoms with Crippen LogP contribution in [0.1, 0.15) is 10.9 Å². The summed E-state index contributed by atoms with van der Waals surface area (Å²) >= 11 is 4.94. The Hall–Kier alpha value is -2.14. The van der Waals surface area contributed by atoms with Gasteiger partial charge in [0.1, 0.15) is 5.37 Å². The fraction of sp³-hybridized carbons (Fsp3) is 0.333. The molecule has 1 unspecified atom stereocenters. The topological polar surface area (TPSA) is 72.9 Å². The van der Waals surface area contributed by atoms with Gasteiger partial charge in [-0.15, -0.1) is 23.1 Å². The number of carbonyl (C=O) groups is 1. The van der Waals surface area contributed by atoms with E-state index >= 15 is 0 Å². The van der Waals surface area contributed by atoms with Gasteiger partial charge in [0, 0.05) is 12.3 Å². The van der Waals surface area contributed by atoms with Gasteiger partial charge in [-0.2, -0.15) is 0 Å². The zero-order chi connectivity index (χ0) is 21.8. The Balaban J connectivity index is 1.42. The summed E-state index contributed by atoms with van der Waals surface area (Å²) in [6.07, 6.45) is 0. The number of ether oxygens (including phenoxy) is 3. The van der Waals surface area contributed by atoms with Gasteiger partial charge in [0.25, 0.3) is 0 Å². The Morgan fingerprint density at radius 3 is 2.58 bits per heavy atom. The number of carbonyl (C=O) groups excluding carboxylic acids is 1. The number of nitrogens with one attached hydrogen (secondary N) is 1. The van der Waals surface area contributed by atoms with Crippen molar-refractivity contribution in [2.24, 2.45) is 0 Å². The van der Waals surface area contributed by atoms with Crippen LogP contribution in [-0.2, 0) is 4.79 Å². The molecule has 164 valence electrons. The first kappa shape index (κ1) is 22.1. The van der Waals surface area contributed by atoms with Crippen molar-refractivity contribution in [3.63, 3.8) is 0 Å². The standard InChI is InChI=1S/C21H23N3O4S3/c1-26-15-10-13(11-16(27-2)19(15)28-3)20-24(18(25)12-30-20)22-8-9-29-21-23-14-6-4-5-7-17(14)31-21/h4-7,10-11,20,22H,8-9,12H2,1-3H3. The van der Waals surface area contributed by atoms with Crippen molar-refractivity contribution < 1.29 is 19.0 Å². The molecule has 1 atom stereocenters. The van der Waals surface area contributed by atoms with E-state index in [4.69, 9.17) is 14.2 Å². The molecule has 1 fully saturated rings. The Kier molecular flexibility index (Phi) is 7.11. The van der Waals surface area contributed by atoms with Gasteiger partial charge in [0.15, 0.2) is 15.8 Å². The molecule has 2 aromatic carbocycles. The van der Waals surface area contributed by atoms with Crippen LogP contribution in [0.2, 0.25) is 0 Å². The van der Waals surface area contributed by atoms with E-state index in [2.05, 4.69) is 16.5 Å². The molecule has 31 heavy (non-hydrogen) atoms. The lowest BCUT2D eigenvalue weighted by Gasteiger charge is -2.26. The van der Waals surface area contributed by atoms with Crippen LogP contribution in [0.4, 0.5) is 0 Å². The van der Waals surface area contributed by atoms with Crippen LogP contribution in [0.15, 0.2) is 40.7 Å². The molecule has 7 nitrogen and oxygen atoms in total. The van der Waals surface area contributed by atoms with Crippen LogP contribution in [0.3, 0.4) is 0 Å². The predicted octanol–water partition coefficient (Wildman–Crippen LogP) is 4.19. The number of hydrazine groups is 1. The smallest absolute Gasteiger partial charge is 0.248 e. The number of benzene rings is 2. The highest BCUT2D eigenvalue weighted by Gasteiger charge is 2.34. The third-order valence-corrected chi connectivity index (χ3v) is 8.12. The van der Waals surface area contributed by atoms with Crippen molar-refractivity contribution in [1.29, 1.82) is 0 Å². The molecule has 0 aliphatic carbocycles. The highest BCUT2D eigenvalue weighted by atomic mass is 32.2. The van der Waals surface area contributed by atoms with Gasteiger partial charge >= 0.3 is 0 Å². The van der Waals surface area contributed by atoms with Crippen LogP contribution >= 0.6 is 34.9 Å². The normalized spacial score (nSPS) is 16.2. The molecule has 0 spiro atoms. The van der Waals surface area contributed by atoms with Gasteiger partial charge in [-0.3, -0.25) is 9.80 Å². The average Bonchev–Trinajstić information content (AvgIpc) is 3.38. The van der Waals surface area contributed by atoms with Crippen LogP contribution in [0.5, 0.6) is 17.2 Å². The highest BCUT2D eigenvalue weighted by Crippen LogP contribution is 2.45. The Morgan fingerprint density at radius 2 is 1.90 bits per heavy atom. The van der Waals surface area contributed by atoms with Gasteiger partial charge in [0.05, 0.1) is 37.3 Å². The molecular weight excluding hydrogens is 454 g/mol. The summed E-state index contributed by atoms with van der Waals surface area (Å²) in [4.78, 5) is 17.2. The van der Waals surface area contributed by atoms with E-state index in [9.17, 15) is 4.79 Å². The fourth-order valence-corrected chi connectivity index (χ4v) is 6.39. The van der Waals surface area contributed by atoms with Crippen molar-refractivity contribution in [1.82, 2.24) is 15.4 Å². The summed E-state index contributed by atoms with van der Waals surface area (Å²) in [6.45, 7) is 0.647. The van der Waals surface area contributed by atoms with Crippen LogP contribution < -0.4 is 19.6 Å². The fourth-order valence-electron chi connectivity index (χ4n) is 3.30. The minimum Gasteiger partial charge on any atom is -0.493 e. The van der Waals surface area contributed by atoms with E-state index in [-0.39, 0.29) is 11.3 Å². The number of para-hydroxylation sites is 1. The monoisotopic (exact) mass is 477 g/mol. The SMILES string of the molecule is COc1cc(C2SCC(=O)N2NCCSc2nc3ccccc3s2)cc(OC)c1OC. The molecule has 2 heterocycles. The van der Waals surface area contributed by atoms with Crippen molar-refractivity contribution >= 4 is 51.0 Å². The largest absolute Gasteiger partial charge is 0.493 e. The number of thiazole rings is 1. The molecule has 3 aromatic rings. The van der Waals surface area contributed by atoms with Gasteiger partial charge in [-0.1, -0.05) is 23.9 Å². The molecule has 0 saturated carbocycles.